The van der Waals surface area contributed by atoms with E-state index in [0.29, 0.717) is 43.5 Å². The first-order chi connectivity index (χ1) is 17.6. The standard InChI is InChI=1S/C29H33N3O5/c1-6-24(36-27(34)22-12-9-13-31(22)28(35)37-29(3,4)5)20-15-23-25-19(16-32(23)26(33)17(20)2)14-18-10-7-8-11-21(18)30-25/h7-8,10-11,14-15,22,24H,6,9,12-13,16H2,1-5H3/t22-,24+/m0/s1. The summed E-state index contributed by atoms with van der Waals surface area (Å²) < 4.78 is 13.2. The second-order valence-electron chi connectivity index (χ2n) is 10.9. The van der Waals surface area contributed by atoms with Crippen LogP contribution in [-0.4, -0.2) is 44.7 Å². The fourth-order valence-electron chi connectivity index (χ4n) is 5.27. The lowest BCUT2D eigenvalue weighted by Crippen LogP contribution is -2.44. The van der Waals surface area contributed by atoms with Gasteiger partial charge in [0, 0.05) is 28.6 Å². The third-order valence-corrected chi connectivity index (χ3v) is 7.08. The molecule has 194 valence electrons. The van der Waals surface area contributed by atoms with E-state index in [4.69, 9.17) is 14.5 Å². The number of ether oxygens (including phenoxy) is 2. The molecule has 2 atom stereocenters. The summed E-state index contributed by atoms with van der Waals surface area (Å²) in [6.07, 6.45) is 0.585. The van der Waals surface area contributed by atoms with E-state index < -0.39 is 29.8 Å². The van der Waals surface area contributed by atoms with Gasteiger partial charge in [-0.2, -0.15) is 0 Å². The molecule has 8 heteroatoms. The van der Waals surface area contributed by atoms with Crippen molar-refractivity contribution in [2.45, 2.75) is 78.2 Å². The lowest BCUT2D eigenvalue weighted by atomic mass is 10.0. The van der Waals surface area contributed by atoms with Crippen LogP contribution in [0.1, 0.15) is 69.8 Å². The van der Waals surface area contributed by atoms with E-state index in [1.54, 1.807) is 32.3 Å². The minimum atomic E-state index is -0.700. The fourth-order valence-corrected chi connectivity index (χ4v) is 5.27. The monoisotopic (exact) mass is 503 g/mol. The molecule has 0 bridgehead atoms. The van der Waals surface area contributed by atoms with Gasteiger partial charge in [0.05, 0.1) is 23.4 Å². The number of fused-ring (bicyclic) bond motifs is 4. The Bertz CT molecular complexity index is 1450. The molecule has 2 aliphatic rings. The van der Waals surface area contributed by atoms with Crippen molar-refractivity contribution in [1.82, 2.24) is 14.5 Å². The second kappa shape index (κ2) is 9.32. The average Bonchev–Trinajstić information content (AvgIpc) is 3.48. The number of carbonyl (C=O) groups excluding carboxylic acids is 2. The van der Waals surface area contributed by atoms with Gasteiger partial charge in [-0.05, 0) is 65.2 Å². The number of nitrogens with zero attached hydrogens (tertiary/aromatic N) is 3. The van der Waals surface area contributed by atoms with Gasteiger partial charge >= 0.3 is 12.1 Å². The van der Waals surface area contributed by atoms with Gasteiger partial charge in [-0.3, -0.25) is 9.69 Å². The predicted molar refractivity (Wildman–Crippen MR) is 140 cm³/mol. The van der Waals surface area contributed by atoms with Gasteiger partial charge in [-0.15, -0.1) is 0 Å². The smallest absolute Gasteiger partial charge is 0.411 e. The Morgan fingerprint density at radius 1 is 1.19 bits per heavy atom. The van der Waals surface area contributed by atoms with Crippen molar-refractivity contribution in [3.8, 4) is 11.4 Å². The Morgan fingerprint density at radius 2 is 1.95 bits per heavy atom. The number of hydrogen-bond donors (Lipinski definition) is 0. The molecule has 0 spiro atoms. The summed E-state index contributed by atoms with van der Waals surface area (Å²) in [5.74, 6) is -0.472. The Balaban J connectivity index is 1.45. The largest absolute Gasteiger partial charge is 0.456 e. The van der Waals surface area contributed by atoms with E-state index >= 15 is 0 Å². The number of benzene rings is 1. The molecule has 0 N–H and O–H groups in total. The van der Waals surface area contributed by atoms with Crippen molar-refractivity contribution in [3.63, 3.8) is 0 Å². The van der Waals surface area contributed by atoms with E-state index in [9.17, 15) is 14.4 Å². The molecule has 1 amide bonds. The van der Waals surface area contributed by atoms with Crippen molar-refractivity contribution < 1.29 is 19.1 Å². The third kappa shape index (κ3) is 4.61. The molecular formula is C29H33N3O5. The SMILES string of the molecule is CC[C@@H](OC(=O)[C@@H]1CCCN1C(=O)OC(C)(C)C)c1cc2n(c(=O)c1C)Cc1cc3ccccc3nc1-2. The molecule has 2 aliphatic heterocycles. The number of carbonyl (C=O) groups is 2. The van der Waals surface area contributed by atoms with Crippen molar-refractivity contribution in [2.75, 3.05) is 6.54 Å². The highest BCUT2D eigenvalue weighted by atomic mass is 16.6. The summed E-state index contributed by atoms with van der Waals surface area (Å²) in [5.41, 5.74) is 3.84. The Labute approximate surface area is 216 Å². The Morgan fingerprint density at radius 3 is 2.68 bits per heavy atom. The van der Waals surface area contributed by atoms with Crippen molar-refractivity contribution in [1.29, 1.82) is 0 Å². The molecule has 1 aromatic carbocycles. The lowest BCUT2D eigenvalue weighted by molar-refractivity contribution is -0.155. The van der Waals surface area contributed by atoms with Gasteiger partial charge in [0.15, 0.2) is 0 Å². The molecule has 0 saturated carbocycles. The maximum atomic E-state index is 13.4. The summed E-state index contributed by atoms with van der Waals surface area (Å²) in [5, 5.41) is 1.03. The Hall–Kier alpha value is -3.68. The molecule has 0 aliphatic carbocycles. The van der Waals surface area contributed by atoms with Crippen molar-refractivity contribution >= 4 is 23.0 Å². The molecule has 4 heterocycles. The quantitative estimate of drug-likeness (QED) is 0.359. The van der Waals surface area contributed by atoms with Crippen LogP contribution < -0.4 is 5.56 Å². The first kappa shape index (κ1) is 25.0. The lowest BCUT2D eigenvalue weighted by Gasteiger charge is -2.29. The van der Waals surface area contributed by atoms with Crippen LogP contribution in [0.25, 0.3) is 22.3 Å². The van der Waals surface area contributed by atoms with Crippen LogP contribution >= 0.6 is 0 Å². The van der Waals surface area contributed by atoms with Crippen LogP contribution in [0.2, 0.25) is 0 Å². The van der Waals surface area contributed by atoms with Gasteiger partial charge in [0.2, 0.25) is 0 Å². The normalized spacial score (nSPS) is 17.4. The van der Waals surface area contributed by atoms with Gasteiger partial charge in [0.1, 0.15) is 17.7 Å². The van der Waals surface area contributed by atoms with E-state index in [-0.39, 0.29) is 5.56 Å². The molecular weight excluding hydrogens is 470 g/mol. The summed E-state index contributed by atoms with van der Waals surface area (Å²) in [6, 6.07) is 11.2. The number of rotatable bonds is 4. The van der Waals surface area contributed by atoms with Gasteiger partial charge in [-0.25, -0.2) is 14.6 Å². The topological polar surface area (TPSA) is 90.7 Å². The van der Waals surface area contributed by atoms with Crippen LogP contribution in [0.3, 0.4) is 0 Å². The minimum Gasteiger partial charge on any atom is -0.456 e. The zero-order valence-corrected chi connectivity index (χ0v) is 22.0. The molecule has 0 unspecified atom stereocenters. The zero-order valence-electron chi connectivity index (χ0n) is 22.0. The van der Waals surface area contributed by atoms with Crippen LogP contribution in [0.4, 0.5) is 4.79 Å². The highest BCUT2D eigenvalue weighted by Gasteiger charge is 2.39. The number of esters is 1. The van der Waals surface area contributed by atoms with Crippen LogP contribution in [0.15, 0.2) is 41.2 Å². The first-order valence-corrected chi connectivity index (χ1v) is 12.9. The summed E-state index contributed by atoms with van der Waals surface area (Å²) in [6.45, 7) is 10.00. The summed E-state index contributed by atoms with van der Waals surface area (Å²) in [4.78, 5) is 45.7. The number of para-hydroxylation sites is 1. The number of likely N-dealkylation sites (tertiary alicyclic amines) is 1. The molecule has 1 fully saturated rings. The first-order valence-electron chi connectivity index (χ1n) is 12.9. The molecule has 2 aromatic heterocycles. The number of aromatic nitrogens is 2. The number of pyridine rings is 2. The van der Waals surface area contributed by atoms with Gasteiger partial charge in [0.25, 0.3) is 5.56 Å². The maximum absolute atomic E-state index is 13.4. The second-order valence-corrected chi connectivity index (χ2v) is 10.9. The molecule has 37 heavy (non-hydrogen) atoms. The van der Waals surface area contributed by atoms with Crippen molar-refractivity contribution in [2.24, 2.45) is 0 Å². The van der Waals surface area contributed by atoms with Gasteiger partial charge in [-0.1, -0.05) is 25.1 Å². The average molecular weight is 504 g/mol. The van der Waals surface area contributed by atoms with Crippen molar-refractivity contribution in [3.05, 3.63) is 63.4 Å². The fraction of sp³-hybridized carbons (Fsp3) is 0.448. The predicted octanol–water partition coefficient (Wildman–Crippen LogP) is 5.13. The number of hydrogen-bond acceptors (Lipinski definition) is 6. The molecule has 0 radical (unpaired) electrons. The Kier molecular flexibility index (Phi) is 6.30. The van der Waals surface area contributed by atoms with Crippen LogP contribution in [0, 0.1) is 6.92 Å². The molecule has 5 rings (SSSR count). The summed E-state index contributed by atoms with van der Waals surface area (Å²) in [7, 11) is 0. The van der Waals surface area contributed by atoms with Gasteiger partial charge < -0.3 is 14.0 Å². The number of amides is 1. The third-order valence-electron chi connectivity index (χ3n) is 7.08. The minimum absolute atomic E-state index is 0.111. The highest BCUT2D eigenvalue weighted by molar-refractivity contribution is 5.84. The highest BCUT2D eigenvalue weighted by Crippen LogP contribution is 2.35. The molecule has 8 nitrogen and oxygen atoms in total. The van der Waals surface area contributed by atoms with E-state index in [1.165, 1.54) is 4.90 Å². The zero-order chi connectivity index (χ0) is 26.5. The molecule has 1 saturated heterocycles. The van der Waals surface area contributed by atoms with Crippen LogP contribution in [0.5, 0.6) is 0 Å². The van der Waals surface area contributed by atoms with E-state index in [1.807, 2.05) is 37.3 Å². The van der Waals surface area contributed by atoms with Crippen LogP contribution in [-0.2, 0) is 20.8 Å². The van der Waals surface area contributed by atoms with E-state index in [0.717, 1.165) is 27.9 Å². The molecule has 3 aromatic rings. The van der Waals surface area contributed by atoms with E-state index in [2.05, 4.69) is 6.07 Å². The summed E-state index contributed by atoms with van der Waals surface area (Å²) >= 11 is 0. The maximum Gasteiger partial charge on any atom is 0.411 e.